The van der Waals surface area contributed by atoms with Gasteiger partial charge in [0.05, 0.1) is 18.2 Å². The molecule has 1 unspecified atom stereocenters. The zero-order chi connectivity index (χ0) is 26.6. The van der Waals surface area contributed by atoms with Crippen molar-refractivity contribution in [1.29, 1.82) is 0 Å². The summed E-state index contributed by atoms with van der Waals surface area (Å²) in [6, 6.07) is 5.78. The largest absolute Gasteiger partial charge is 0.491 e. The number of alkyl halides is 3. The van der Waals surface area contributed by atoms with Gasteiger partial charge < -0.3 is 19.6 Å². The summed E-state index contributed by atoms with van der Waals surface area (Å²) < 4.78 is 43.1. The van der Waals surface area contributed by atoms with Gasteiger partial charge >= 0.3 is 6.01 Å². The van der Waals surface area contributed by atoms with Crippen molar-refractivity contribution in [2.24, 2.45) is 0 Å². The number of hydrogen-bond acceptors (Lipinski definition) is 7. The molecule has 1 atom stereocenters. The van der Waals surface area contributed by atoms with Crippen LogP contribution in [0.4, 0.5) is 19.2 Å². The lowest BCUT2D eigenvalue weighted by Crippen LogP contribution is -2.22. The molecule has 3 aromatic rings. The number of halogens is 3. The molecular weight excluding hydrogens is 461 g/mol. The fourth-order valence-corrected chi connectivity index (χ4v) is 3.22. The van der Waals surface area contributed by atoms with Crippen molar-refractivity contribution < 1.29 is 27.4 Å². The molecule has 2 N–H and O–H groups in total. The number of aryl methyl sites for hydroxylation is 1. The number of pyridine rings is 1. The van der Waals surface area contributed by atoms with Crippen molar-refractivity contribution in [3.63, 3.8) is 0 Å². The number of rotatable bonds is 8. The van der Waals surface area contributed by atoms with Crippen LogP contribution in [0.15, 0.2) is 22.6 Å². The standard InChI is InChI=1S/C22H29FN4O3.C2H6.CH2F2/c1-6-14(12-28)24-21-27-26-20(30-21)18-9-13(2)16-10-15(29-8-7-23)11-17(19(16)25-18)22(3,4)5;1-2;2-1-3/h9-11,14,28H,6-8,12H2,1-5H3,(H,24,27);1-2H3;1H2. The predicted molar refractivity (Wildman–Crippen MR) is 133 cm³/mol. The van der Waals surface area contributed by atoms with E-state index in [0.29, 0.717) is 17.3 Å². The highest BCUT2D eigenvalue weighted by Crippen LogP contribution is 2.36. The van der Waals surface area contributed by atoms with E-state index in [-0.39, 0.29) is 30.7 Å². The molecule has 35 heavy (non-hydrogen) atoms. The first kappa shape index (κ1) is 30.2. The van der Waals surface area contributed by atoms with E-state index in [1.54, 1.807) is 0 Å². The summed E-state index contributed by atoms with van der Waals surface area (Å²) in [5.41, 5.74) is 3.14. The van der Waals surface area contributed by atoms with E-state index in [0.717, 1.165) is 28.5 Å². The Morgan fingerprint density at radius 3 is 2.31 bits per heavy atom. The van der Waals surface area contributed by atoms with Crippen LogP contribution in [-0.4, -0.2) is 53.1 Å². The molecule has 0 spiro atoms. The maximum atomic E-state index is 12.6. The third-order valence-electron chi connectivity index (χ3n) is 4.93. The fraction of sp³-hybridized carbons (Fsp3) is 0.560. The average molecular weight is 499 g/mol. The number of nitrogens with one attached hydrogen (secondary N) is 1. The van der Waals surface area contributed by atoms with Gasteiger partial charge in [0.25, 0.3) is 5.89 Å². The second kappa shape index (κ2) is 14.5. The van der Waals surface area contributed by atoms with Crippen molar-refractivity contribution in [3.05, 3.63) is 29.3 Å². The van der Waals surface area contributed by atoms with Crippen LogP contribution in [0.1, 0.15) is 59.1 Å². The van der Waals surface area contributed by atoms with Gasteiger partial charge in [0, 0.05) is 5.39 Å². The number of aromatic nitrogens is 3. The third kappa shape index (κ3) is 8.38. The molecule has 0 radical (unpaired) electrons. The Bertz CT molecular complexity index is 1030. The zero-order valence-electron chi connectivity index (χ0n) is 21.6. The number of ether oxygens (including phenoxy) is 1. The van der Waals surface area contributed by atoms with E-state index >= 15 is 0 Å². The minimum atomic E-state index is -1.75. The van der Waals surface area contributed by atoms with Gasteiger partial charge in [-0.2, -0.15) is 0 Å². The van der Waals surface area contributed by atoms with Crippen LogP contribution in [0.2, 0.25) is 0 Å². The van der Waals surface area contributed by atoms with Crippen LogP contribution >= 0.6 is 0 Å². The van der Waals surface area contributed by atoms with E-state index in [9.17, 15) is 18.3 Å². The van der Waals surface area contributed by atoms with Gasteiger partial charge in [-0.15, -0.1) is 5.10 Å². The Kier molecular flexibility index (Phi) is 12.5. The minimum absolute atomic E-state index is 0.0179. The highest BCUT2D eigenvalue weighted by Gasteiger charge is 2.22. The fourth-order valence-electron chi connectivity index (χ4n) is 3.22. The van der Waals surface area contributed by atoms with E-state index < -0.39 is 13.6 Å². The molecule has 0 fully saturated rings. The Labute approximate surface area is 205 Å². The first-order chi connectivity index (χ1) is 16.7. The lowest BCUT2D eigenvalue weighted by molar-refractivity contribution is 0.270. The number of aliphatic hydroxyl groups is 1. The van der Waals surface area contributed by atoms with Crippen molar-refractivity contribution in [3.8, 4) is 17.3 Å². The molecule has 0 aliphatic heterocycles. The maximum absolute atomic E-state index is 12.6. The molecule has 2 heterocycles. The zero-order valence-corrected chi connectivity index (χ0v) is 21.6. The third-order valence-corrected chi connectivity index (χ3v) is 4.93. The monoisotopic (exact) mass is 498 g/mol. The van der Waals surface area contributed by atoms with E-state index in [1.165, 1.54) is 0 Å². The van der Waals surface area contributed by atoms with Crippen LogP contribution in [0.5, 0.6) is 5.75 Å². The normalized spacial score (nSPS) is 11.7. The molecular formula is C25H37F3N4O3. The van der Waals surface area contributed by atoms with Crippen molar-refractivity contribution in [2.75, 3.05) is 32.1 Å². The summed E-state index contributed by atoms with van der Waals surface area (Å²) in [5, 5.41) is 21.4. The van der Waals surface area contributed by atoms with Gasteiger partial charge in [0.1, 0.15) is 24.7 Å². The van der Waals surface area contributed by atoms with Gasteiger partial charge in [0.15, 0.2) is 0 Å². The van der Waals surface area contributed by atoms with E-state index in [4.69, 9.17) is 14.1 Å². The molecule has 0 bridgehead atoms. The van der Waals surface area contributed by atoms with Gasteiger partial charge in [-0.25, -0.2) is 18.2 Å². The number of nitrogens with zero attached hydrogens (tertiary/aromatic N) is 3. The molecule has 0 aliphatic carbocycles. The van der Waals surface area contributed by atoms with Crippen LogP contribution in [0.25, 0.3) is 22.5 Å². The molecule has 2 aromatic heterocycles. The molecule has 0 saturated heterocycles. The summed E-state index contributed by atoms with van der Waals surface area (Å²) in [5.74, 6) is 0.925. The predicted octanol–water partition coefficient (Wildman–Crippen LogP) is 6.33. The summed E-state index contributed by atoms with van der Waals surface area (Å²) in [4.78, 5) is 4.82. The molecule has 3 rings (SSSR count). The van der Waals surface area contributed by atoms with Crippen LogP contribution in [0.3, 0.4) is 0 Å². The molecule has 0 saturated carbocycles. The van der Waals surface area contributed by atoms with Crippen LogP contribution < -0.4 is 10.1 Å². The summed E-state index contributed by atoms with van der Waals surface area (Å²) in [6.45, 7) is 11.9. The summed E-state index contributed by atoms with van der Waals surface area (Å²) in [6.07, 6.45) is 0.725. The van der Waals surface area contributed by atoms with Crippen molar-refractivity contribution >= 4 is 16.9 Å². The second-order valence-corrected chi connectivity index (χ2v) is 8.42. The maximum Gasteiger partial charge on any atom is 0.316 e. The van der Waals surface area contributed by atoms with Gasteiger partial charge in [-0.3, -0.25) is 0 Å². The first-order valence-electron chi connectivity index (χ1n) is 11.7. The number of aliphatic hydroxyl groups excluding tert-OH is 1. The Balaban J connectivity index is 0.00000114. The van der Waals surface area contributed by atoms with Crippen molar-refractivity contribution in [1.82, 2.24) is 15.2 Å². The molecule has 7 nitrogen and oxygen atoms in total. The van der Waals surface area contributed by atoms with Gasteiger partial charge in [-0.1, -0.05) is 46.6 Å². The molecule has 0 aliphatic rings. The number of anilines is 1. The first-order valence-corrected chi connectivity index (χ1v) is 11.7. The molecule has 0 amide bonds. The molecule has 196 valence electrons. The summed E-state index contributed by atoms with van der Waals surface area (Å²) in [7, 11) is 0. The van der Waals surface area contributed by atoms with E-state index in [2.05, 4.69) is 36.3 Å². The van der Waals surface area contributed by atoms with E-state index in [1.807, 2.05) is 45.9 Å². The van der Waals surface area contributed by atoms with Gasteiger partial charge in [0.2, 0.25) is 6.93 Å². The highest BCUT2D eigenvalue weighted by molar-refractivity contribution is 5.89. The molecule has 1 aromatic carbocycles. The Morgan fingerprint density at radius 2 is 1.77 bits per heavy atom. The quantitative estimate of drug-likeness (QED) is 0.375. The average Bonchev–Trinajstić information content (AvgIpc) is 3.30. The smallest absolute Gasteiger partial charge is 0.316 e. The summed E-state index contributed by atoms with van der Waals surface area (Å²) >= 11 is 0. The SMILES string of the molecule is CC.CCC(CO)Nc1nnc(-c2cc(C)c3cc(OCCF)cc(C(C)(C)C)c3n2)o1.FCF. The lowest BCUT2D eigenvalue weighted by Gasteiger charge is -2.22. The number of hydrogen-bond donors (Lipinski definition) is 2. The Morgan fingerprint density at radius 1 is 1.11 bits per heavy atom. The number of fused-ring (bicyclic) bond motifs is 1. The topological polar surface area (TPSA) is 93.3 Å². The highest BCUT2D eigenvalue weighted by atomic mass is 19.3. The lowest BCUT2D eigenvalue weighted by atomic mass is 9.84. The molecule has 10 heteroatoms. The number of benzene rings is 1. The van der Waals surface area contributed by atoms with Crippen molar-refractivity contribution in [2.45, 2.75) is 66.3 Å². The minimum Gasteiger partial charge on any atom is -0.491 e. The Hall–Kier alpha value is -2.88. The van der Waals surface area contributed by atoms with Gasteiger partial charge in [-0.05, 0) is 48.1 Å². The second-order valence-electron chi connectivity index (χ2n) is 8.42. The van der Waals surface area contributed by atoms with Crippen LogP contribution in [0, 0.1) is 6.92 Å². The van der Waals surface area contributed by atoms with Crippen LogP contribution in [-0.2, 0) is 5.41 Å².